The molecule has 4 heteroatoms. The highest BCUT2D eigenvalue weighted by Gasteiger charge is 2.23. The van der Waals surface area contributed by atoms with Crippen molar-refractivity contribution in [3.8, 4) is 27.9 Å². The predicted octanol–water partition coefficient (Wildman–Crippen LogP) is 17.0. The van der Waals surface area contributed by atoms with Crippen molar-refractivity contribution in [1.82, 2.24) is 4.57 Å². The normalized spacial score (nSPS) is 11.4. The molecule has 0 aliphatic rings. The number of fused-ring (bicyclic) bond motifs is 7. The fourth-order valence-corrected chi connectivity index (χ4v) is 9.40. The third-order valence-corrected chi connectivity index (χ3v) is 12.3. The molecule has 0 aliphatic heterocycles. The second-order valence-electron chi connectivity index (χ2n) is 16.2. The van der Waals surface area contributed by atoms with Crippen LogP contribution < -0.4 is 9.80 Å². The van der Waals surface area contributed by atoms with E-state index in [0.29, 0.717) is 0 Å². The minimum absolute atomic E-state index is 0.889. The average Bonchev–Trinajstić information content (AvgIpc) is 3.92. The summed E-state index contributed by atoms with van der Waals surface area (Å²) in [5, 5.41) is 4.48. The molecule has 12 rings (SSSR count). The lowest BCUT2D eigenvalue weighted by Gasteiger charge is -2.30. The summed E-state index contributed by atoms with van der Waals surface area (Å²) in [7, 11) is 0. The molecule has 2 aromatic heterocycles. The van der Waals surface area contributed by atoms with Gasteiger partial charge in [0.25, 0.3) is 0 Å². The van der Waals surface area contributed by atoms with Crippen molar-refractivity contribution in [2.75, 3.05) is 9.80 Å². The van der Waals surface area contributed by atoms with Gasteiger partial charge >= 0.3 is 0 Å². The monoisotopic (exact) mass is 819 g/mol. The SMILES string of the molecule is c1ccc(-c2ccc(N(c3ccccc3)c3cc(N(c4ccccc4)c4ccc(-c5ccccc5)cc4)cc(-n4c5ccccc5c5c6oc7ccccc7c6ccc54)c3)cc2)cc1. The maximum atomic E-state index is 6.73. The number of furan rings is 1. The van der Waals surface area contributed by atoms with Gasteiger partial charge in [-0.25, -0.2) is 0 Å². The molecule has 12 aromatic rings. The summed E-state index contributed by atoms with van der Waals surface area (Å²) in [6, 6.07) is 88.8. The van der Waals surface area contributed by atoms with Crippen LogP contribution in [0.3, 0.4) is 0 Å². The van der Waals surface area contributed by atoms with Crippen molar-refractivity contribution in [1.29, 1.82) is 0 Å². The first kappa shape index (κ1) is 37.2. The molecular formula is C60H41N3O. The van der Waals surface area contributed by atoms with Crippen LogP contribution in [0.25, 0.3) is 71.7 Å². The Bertz CT molecular complexity index is 3430. The highest BCUT2D eigenvalue weighted by Crippen LogP contribution is 2.46. The lowest BCUT2D eigenvalue weighted by atomic mass is 10.0. The van der Waals surface area contributed by atoms with E-state index in [9.17, 15) is 0 Å². The molecule has 0 amide bonds. The predicted molar refractivity (Wildman–Crippen MR) is 268 cm³/mol. The van der Waals surface area contributed by atoms with E-state index in [4.69, 9.17) is 4.42 Å². The van der Waals surface area contributed by atoms with E-state index in [1.54, 1.807) is 0 Å². The Labute approximate surface area is 371 Å². The van der Waals surface area contributed by atoms with Gasteiger partial charge in [-0.3, -0.25) is 0 Å². The molecule has 0 unspecified atom stereocenters. The zero-order chi connectivity index (χ0) is 42.4. The number of hydrogen-bond donors (Lipinski definition) is 0. The molecule has 0 saturated carbocycles. The van der Waals surface area contributed by atoms with Gasteiger partial charge in [-0.1, -0.05) is 158 Å². The van der Waals surface area contributed by atoms with Crippen LogP contribution in [-0.4, -0.2) is 4.57 Å². The second-order valence-corrected chi connectivity index (χ2v) is 16.2. The van der Waals surface area contributed by atoms with Crippen LogP contribution in [0.4, 0.5) is 34.1 Å². The van der Waals surface area contributed by atoms with E-state index in [0.717, 1.165) is 83.6 Å². The van der Waals surface area contributed by atoms with Crippen LogP contribution in [0.15, 0.2) is 253 Å². The molecule has 0 saturated heterocycles. The molecule has 302 valence electrons. The highest BCUT2D eigenvalue weighted by molar-refractivity contribution is 6.24. The number of para-hydroxylation sites is 4. The Balaban J connectivity index is 1.13. The van der Waals surface area contributed by atoms with Gasteiger partial charge in [0.05, 0.1) is 33.5 Å². The van der Waals surface area contributed by atoms with Gasteiger partial charge in [0.15, 0.2) is 0 Å². The van der Waals surface area contributed by atoms with Crippen LogP contribution in [0.5, 0.6) is 0 Å². The summed E-state index contributed by atoms with van der Waals surface area (Å²) < 4.78 is 9.14. The molecule has 0 bridgehead atoms. The molecule has 10 aromatic carbocycles. The second kappa shape index (κ2) is 15.7. The van der Waals surface area contributed by atoms with Crippen molar-refractivity contribution >= 4 is 77.9 Å². The molecule has 0 aliphatic carbocycles. The Morgan fingerprint density at radius 1 is 0.297 bits per heavy atom. The number of anilines is 6. The minimum Gasteiger partial charge on any atom is -0.455 e. The van der Waals surface area contributed by atoms with Crippen molar-refractivity contribution in [3.63, 3.8) is 0 Å². The first-order valence-corrected chi connectivity index (χ1v) is 21.8. The van der Waals surface area contributed by atoms with Gasteiger partial charge in [-0.05, 0) is 113 Å². The van der Waals surface area contributed by atoms with Gasteiger partial charge in [0.1, 0.15) is 11.2 Å². The lowest BCUT2D eigenvalue weighted by molar-refractivity contribution is 0.673. The van der Waals surface area contributed by atoms with Crippen molar-refractivity contribution in [3.05, 3.63) is 249 Å². The number of benzene rings is 10. The van der Waals surface area contributed by atoms with Crippen molar-refractivity contribution in [2.45, 2.75) is 0 Å². The topological polar surface area (TPSA) is 24.6 Å². The largest absolute Gasteiger partial charge is 0.455 e. The van der Waals surface area contributed by atoms with E-state index in [2.05, 4.69) is 257 Å². The minimum atomic E-state index is 0.889. The number of hydrogen-bond acceptors (Lipinski definition) is 3. The van der Waals surface area contributed by atoms with E-state index in [1.165, 1.54) is 22.3 Å². The van der Waals surface area contributed by atoms with Crippen LogP contribution in [-0.2, 0) is 0 Å². The Morgan fingerprint density at radius 3 is 1.28 bits per heavy atom. The molecule has 64 heavy (non-hydrogen) atoms. The van der Waals surface area contributed by atoms with Crippen LogP contribution in [0.1, 0.15) is 0 Å². The maximum absolute atomic E-state index is 6.73. The number of aromatic nitrogens is 1. The molecular weight excluding hydrogens is 779 g/mol. The van der Waals surface area contributed by atoms with Crippen LogP contribution >= 0.6 is 0 Å². The van der Waals surface area contributed by atoms with Gasteiger partial charge in [0, 0.05) is 38.9 Å². The van der Waals surface area contributed by atoms with Crippen LogP contribution in [0, 0.1) is 0 Å². The third kappa shape index (κ3) is 6.48. The van der Waals surface area contributed by atoms with E-state index in [-0.39, 0.29) is 0 Å². The van der Waals surface area contributed by atoms with Gasteiger partial charge in [-0.2, -0.15) is 0 Å². The zero-order valence-corrected chi connectivity index (χ0v) is 34.9. The first-order chi connectivity index (χ1) is 31.7. The fraction of sp³-hybridized carbons (Fsp3) is 0. The molecule has 0 spiro atoms. The van der Waals surface area contributed by atoms with Gasteiger partial charge < -0.3 is 18.8 Å². The molecule has 4 nitrogen and oxygen atoms in total. The molecule has 0 atom stereocenters. The summed E-state index contributed by atoms with van der Waals surface area (Å²) in [6.07, 6.45) is 0. The lowest BCUT2D eigenvalue weighted by Crippen LogP contribution is -2.14. The Morgan fingerprint density at radius 2 is 0.734 bits per heavy atom. The third-order valence-electron chi connectivity index (χ3n) is 12.3. The molecule has 2 heterocycles. The number of nitrogens with zero attached hydrogens (tertiary/aromatic N) is 3. The standard InChI is InChI=1S/C60H41N3O/c1-5-17-42(18-6-1)44-29-33-48(34-30-44)61(46-21-9-3-10-22-46)50-39-51(62(47-23-11-4-12-24-47)49-35-31-45(32-36-49)43-19-7-2-8-20-43)41-52(40-50)63-56-27-15-13-26-55(56)59-57(63)38-37-54-53-25-14-16-28-58(53)64-60(54)59/h1-41H. The van der Waals surface area contributed by atoms with Crippen LogP contribution in [0.2, 0.25) is 0 Å². The van der Waals surface area contributed by atoms with E-state index < -0.39 is 0 Å². The van der Waals surface area contributed by atoms with Crippen molar-refractivity contribution in [2.24, 2.45) is 0 Å². The quantitative estimate of drug-likeness (QED) is 0.145. The van der Waals surface area contributed by atoms with Gasteiger partial charge in [-0.15, -0.1) is 0 Å². The van der Waals surface area contributed by atoms with Crippen molar-refractivity contribution < 1.29 is 4.42 Å². The van der Waals surface area contributed by atoms with Gasteiger partial charge in [0.2, 0.25) is 0 Å². The molecule has 0 fully saturated rings. The Kier molecular flexibility index (Phi) is 9.12. The smallest absolute Gasteiger partial charge is 0.145 e. The molecule has 0 radical (unpaired) electrons. The summed E-state index contributed by atoms with van der Waals surface area (Å²) >= 11 is 0. The van der Waals surface area contributed by atoms with E-state index in [1.807, 2.05) is 6.07 Å². The summed E-state index contributed by atoms with van der Waals surface area (Å²) in [6.45, 7) is 0. The highest BCUT2D eigenvalue weighted by atomic mass is 16.3. The summed E-state index contributed by atoms with van der Waals surface area (Å²) in [5.74, 6) is 0. The average molecular weight is 820 g/mol. The molecule has 0 N–H and O–H groups in total. The maximum Gasteiger partial charge on any atom is 0.145 e. The fourth-order valence-electron chi connectivity index (χ4n) is 9.40. The Hall–Kier alpha value is -8.60. The zero-order valence-electron chi connectivity index (χ0n) is 34.9. The summed E-state index contributed by atoms with van der Waals surface area (Å²) in [5.41, 5.74) is 16.0. The van der Waals surface area contributed by atoms with E-state index >= 15 is 0 Å². The number of rotatable bonds is 9. The first-order valence-electron chi connectivity index (χ1n) is 21.8. The summed E-state index contributed by atoms with van der Waals surface area (Å²) in [4.78, 5) is 4.74.